The fourth-order valence-electron chi connectivity index (χ4n) is 6.08. The summed E-state index contributed by atoms with van der Waals surface area (Å²) in [5.41, 5.74) is 0.282. The number of nitrogens with one attached hydrogen (secondary N) is 5. The van der Waals surface area contributed by atoms with E-state index in [1.54, 1.807) is 19.4 Å². The van der Waals surface area contributed by atoms with Crippen LogP contribution in [0.2, 0.25) is 0 Å². The number of fused-ring (bicyclic) bond motifs is 1. The van der Waals surface area contributed by atoms with Gasteiger partial charge in [0.1, 0.15) is 11.9 Å². The number of aromatic nitrogens is 2. The molecule has 1 aromatic rings. The predicted molar refractivity (Wildman–Crippen MR) is 184 cm³/mol. The molecule has 15 nitrogen and oxygen atoms in total. The number of rotatable bonds is 23. The summed E-state index contributed by atoms with van der Waals surface area (Å²) in [6.45, 7) is 9.12. The fraction of sp³-hybridized carbons (Fsp3) is 0.758. The summed E-state index contributed by atoms with van der Waals surface area (Å²) >= 11 is 1.89. The van der Waals surface area contributed by atoms with Gasteiger partial charge in [-0.3, -0.25) is 20.8 Å². The zero-order valence-corrected chi connectivity index (χ0v) is 33.2. The van der Waals surface area contributed by atoms with Gasteiger partial charge in [-0.25, -0.2) is 9.78 Å². The number of hydrogen-bond acceptors (Lipinski definition) is 10. The van der Waals surface area contributed by atoms with Gasteiger partial charge in [0.05, 0.1) is 58.1 Å². The van der Waals surface area contributed by atoms with Gasteiger partial charge in [-0.2, -0.15) is 11.8 Å². The van der Waals surface area contributed by atoms with E-state index in [4.69, 9.17) is 18.9 Å². The van der Waals surface area contributed by atoms with Crippen molar-refractivity contribution in [2.24, 2.45) is 5.92 Å². The van der Waals surface area contributed by atoms with Crippen LogP contribution in [0.3, 0.4) is 0 Å². The summed E-state index contributed by atoms with van der Waals surface area (Å²) < 4.78 is 24.3. The topological polar surface area (TPSA) is 183 Å². The molecule has 5 N–H and O–H groups in total. The minimum absolute atomic E-state index is 0. The third-order valence-corrected chi connectivity index (χ3v) is 10.2. The van der Waals surface area contributed by atoms with E-state index >= 15 is 0 Å². The molecule has 0 aromatic carbocycles. The molecule has 4 rings (SSSR count). The zero-order chi connectivity index (χ0) is 35.0. The first-order chi connectivity index (χ1) is 23.7. The van der Waals surface area contributed by atoms with Crippen LogP contribution in [0.25, 0.3) is 0 Å². The number of urea groups is 1. The van der Waals surface area contributed by atoms with Crippen LogP contribution >= 0.6 is 11.8 Å². The number of thioether (sulfide) groups is 1. The van der Waals surface area contributed by atoms with Gasteiger partial charge < -0.3 is 50.1 Å². The van der Waals surface area contributed by atoms with Gasteiger partial charge in [0.2, 0.25) is 11.8 Å². The number of carbonyl (C=O) groups is 4. The Morgan fingerprint density at radius 1 is 1.06 bits per heavy atom. The van der Waals surface area contributed by atoms with Gasteiger partial charge >= 0.3 is 6.03 Å². The summed E-state index contributed by atoms with van der Waals surface area (Å²) in [5.74, 6) is 0.668. The Labute approximate surface area is 324 Å². The van der Waals surface area contributed by atoms with E-state index in [2.05, 4.69) is 51.8 Å². The molecule has 1 aromatic heterocycles. The molecule has 0 saturated carbocycles. The van der Waals surface area contributed by atoms with E-state index in [0.717, 1.165) is 31.4 Å². The second kappa shape index (κ2) is 23.0. The maximum atomic E-state index is 12.6. The number of ether oxygens (including phenoxy) is 4. The van der Waals surface area contributed by atoms with Crippen molar-refractivity contribution >= 4 is 35.5 Å². The molecule has 0 aliphatic carbocycles. The first kappa shape index (κ1) is 42.6. The molecule has 17 heteroatoms. The van der Waals surface area contributed by atoms with Crippen LogP contribution in [-0.2, 0) is 61.2 Å². The maximum absolute atomic E-state index is 12.6. The van der Waals surface area contributed by atoms with Gasteiger partial charge in [-0.1, -0.05) is 32.8 Å². The molecule has 7 atom stereocenters. The number of amides is 5. The van der Waals surface area contributed by atoms with Crippen molar-refractivity contribution in [3.63, 3.8) is 0 Å². The Balaban J connectivity index is 0.00000676. The van der Waals surface area contributed by atoms with Crippen molar-refractivity contribution in [1.29, 1.82) is 0 Å². The van der Waals surface area contributed by atoms with Gasteiger partial charge in [0, 0.05) is 81.9 Å². The Morgan fingerprint density at radius 2 is 1.74 bits per heavy atom. The first-order valence-corrected chi connectivity index (χ1v) is 18.6. The maximum Gasteiger partial charge on any atom is 0.315 e. The molecular weight excluding hydrogens is 743 g/mol. The van der Waals surface area contributed by atoms with Crippen molar-refractivity contribution in [2.45, 2.75) is 95.0 Å². The molecule has 3 fully saturated rings. The molecule has 3 aliphatic rings. The van der Waals surface area contributed by atoms with Crippen molar-refractivity contribution in [3.8, 4) is 0 Å². The second-order valence-corrected chi connectivity index (χ2v) is 14.0. The number of unbranched alkanes of at least 4 members (excludes halogenated alkanes) is 1. The van der Waals surface area contributed by atoms with Crippen LogP contribution in [0.1, 0.15) is 76.0 Å². The van der Waals surface area contributed by atoms with E-state index < -0.39 is 0 Å². The van der Waals surface area contributed by atoms with Crippen LogP contribution in [0, 0.1) is 12.3 Å². The average molecular weight is 798 g/mol. The summed E-state index contributed by atoms with van der Waals surface area (Å²) in [5, 5.41) is 14.9. The smallest absolute Gasteiger partial charge is 0.315 e. The fourth-order valence-corrected chi connectivity index (χ4v) is 7.62. The van der Waals surface area contributed by atoms with E-state index in [1.165, 1.54) is 0 Å². The van der Waals surface area contributed by atoms with Crippen molar-refractivity contribution in [2.75, 3.05) is 58.5 Å². The molecule has 3 saturated heterocycles. The minimum atomic E-state index is -0.368. The predicted octanol–water partition coefficient (Wildman–Crippen LogP) is 1.54. The van der Waals surface area contributed by atoms with Gasteiger partial charge in [0.25, 0.3) is 5.91 Å². The van der Waals surface area contributed by atoms with E-state index in [0.29, 0.717) is 64.4 Å². The molecule has 50 heavy (non-hydrogen) atoms. The Kier molecular flexibility index (Phi) is 19.6. The summed E-state index contributed by atoms with van der Waals surface area (Å²) in [6.07, 6.45) is 9.68. The third kappa shape index (κ3) is 14.3. The van der Waals surface area contributed by atoms with Crippen molar-refractivity contribution in [1.82, 2.24) is 36.1 Å². The van der Waals surface area contributed by atoms with Gasteiger partial charge in [-0.05, 0) is 19.8 Å². The Bertz CT molecular complexity index is 1210. The van der Waals surface area contributed by atoms with Crippen LogP contribution in [0.5, 0.6) is 0 Å². The average Bonchev–Trinajstić information content (AvgIpc) is 3.86. The number of hydrogen-bond donors (Lipinski definition) is 5. The van der Waals surface area contributed by atoms with Crippen molar-refractivity contribution in [3.05, 3.63) is 24.6 Å². The van der Waals surface area contributed by atoms with E-state index in [1.807, 2.05) is 16.3 Å². The Hall–Kier alpha value is -1.82. The number of imidazole rings is 1. The molecular formula is C33H54N7O8SY-. The third-order valence-electron chi connectivity index (χ3n) is 8.64. The number of nitrogens with zero attached hydrogens (tertiary/aromatic N) is 2. The summed E-state index contributed by atoms with van der Waals surface area (Å²) in [7, 11) is 0. The van der Waals surface area contributed by atoms with Crippen LogP contribution in [-0.4, -0.2) is 121 Å². The van der Waals surface area contributed by atoms with Crippen molar-refractivity contribution < 1.29 is 70.8 Å². The quantitative estimate of drug-likeness (QED) is 0.0619. The minimum Gasteiger partial charge on any atom is -0.389 e. The van der Waals surface area contributed by atoms with E-state index in [-0.39, 0.29) is 105 Å². The van der Waals surface area contributed by atoms with Gasteiger partial charge in [0.15, 0.2) is 0 Å². The Morgan fingerprint density at radius 3 is 2.42 bits per heavy atom. The van der Waals surface area contributed by atoms with Crippen LogP contribution in [0.15, 0.2) is 12.5 Å². The largest absolute Gasteiger partial charge is 0.389 e. The van der Waals surface area contributed by atoms with Crippen LogP contribution in [0.4, 0.5) is 4.79 Å². The number of carbonyl (C=O) groups excluding carboxylic acids is 4. The molecule has 0 spiro atoms. The molecule has 3 aliphatic heterocycles. The zero-order valence-electron chi connectivity index (χ0n) is 29.5. The standard InChI is InChI=1S/C33H54N7O8S.Y/c1-4-24-17-22(2)32(48-24)40-19-25(36-21-40)31(43)37-23(3)18-29(42)35-10-12-46-14-16-47-15-13-45-11-9-34-28(41)8-6-5-7-27-30-26(20-49-27)38-33(44)39-30;/h17,19,21-24,26-27,30,32H,4-16,18,20H2,1-3H3,(H,34,41)(H,35,42)(H,37,43)(H2,38,39,44);/q-1;/t22?,23-,24-,26-,27+,30-,32-;/m1./s1. The van der Waals surface area contributed by atoms with Gasteiger partial charge in [-0.15, -0.1) is 5.92 Å². The van der Waals surface area contributed by atoms with E-state index in [9.17, 15) is 19.2 Å². The monoisotopic (exact) mass is 797 g/mol. The molecule has 5 amide bonds. The molecule has 0 bridgehead atoms. The molecule has 279 valence electrons. The summed E-state index contributed by atoms with van der Waals surface area (Å²) in [4.78, 5) is 52.7. The molecule has 1 radical (unpaired) electrons. The molecule has 1 unspecified atom stereocenters. The normalized spacial score (nSPS) is 24.5. The first-order valence-electron chi connectivity index (χ1n) is 17.5. The SMILES string of the molecule is CC[C@@H]1[CH-]C(C)[C@H](n2cnc(C(=O)N[C@H](C)CC(=O)NCCOCCOCCOCCNC(=O)CCCC[C@@H]3SC[C@H]4NC(=O)N[C@@H]34)c2)O1.[Y]. The molecule has 4 heterocycles. The van der Waals surface area contributed by atoms with Crippen LogP contribution < -0.4 is 26.6 Å². The summed E-state index contributed by atoms with van der Waals surface area (Å²) in [6, 6.07) is 0.00862. The second-order valence-electron chi connectivity index (χ2n) is 12.7.